The van der Waals surface area contributed by atoms with Crippen LogP contribution in [0.5, 0.6) is 0 Å². The highest BCUT2D eigenvalue weighted by Gasteiger charge is 2.38. The first-order chi connectivity index (χ1) is 25.6. The van der Waals surface area contributed by atoms with E-state index in [1.165, 1.54) is 66.8 Å². The molecule has 9 rings (SSSR count). The Kier molecular flexibility index (Phi) is 7.90. The summed E-state index contributed by atoms with van der Waals surface area (Å²) in [5, 5.41) is 0. The van der Waals surface area contributed by atoms with Gasteiger partial charge >= 0.3 is 0 Å². The van der Waals surface area contributed by atoms with Crippen LogP contribution in [-0.4, -0.2) is 0 Å². The molecular formula is C51H39N. The molecule has 52 heavy (non-hydrogen) atoms. The number of rotatable bonds is 7. The van der Waals surface area contributed by atoms with Gasteiger partial charge in [0.15, 0.2) is 0 Å². The summed E-state index contributed by atoms with van der Waals surface area (Å²) < 4.78 is 0. The second kappa shape index (κ2) is 13.0. The maximum Gasteiger partial charge on any atom is 0.0540 e. The molecule has 0 saturated heterocycles. The monoisotopic (exact) mass is 665 g/mol. The third kappa shape index (κ3) is 5.52. The van der Waals surface area contributed by atoms with Crippen LogP contribution in [0.4, 0.5) is 17.1 Å². The van der Waals surface area contributed by atoms with Crippen LogP contribution >= 0.6 is 0 Å². The Morgan fingerprint density at radius 2 is 0.750 bits per heavy atom. The largest absolute Gasteiger partial charge is 0.310 e. The van der Waals surface area contributed by atoms with Gasteiger partial charge in [-0.25, -0.2) is 0 Å². The van der Waals surface area contributed by atoms with Gasteiger partial charge in [0.05, 0.1) is 5.69 Å². The lowest BCUT2D eigenvalue weighted by Gasteiger charge is -2.31. The molecular weight excluding hydrogens is 627 g/mol. The third-order valence-corrected chi connectivity index (χ3v) is 10.7. The van der Waals surface area contributed by atoms with E-state index in [9.17, 15) is 0 Å². The van der Waals surface area contributed by atoms with Crippen molar-refractivity contribution in [3.63, 3.8) is 0 Å². The molecule has 1 nitrogen and oxygen atoms in total. The number of para-hydroxylation sites is 1. The van der Waals surface area contributed by atoms with E-state index in [2.05, 4.69) is 219 Å². The van der Waals surface area contributed by atoms with Crippen molar-refractivity contribution in [2.24, 2.45) is 0 Å². The maximum absolute atomic E-state index is 2.45. The molecule has 0 fully saturated rings. The molecule has 8 aromatic carbocycles. The molecule has 0 atom stereocenters. The van der Waals surface area contributed by atoms with Gasteiger partial charge in [-0.15, -0.1) is 0 Å². The van der Waals surface area contributed by atoms with Crippen molar-refractivity contribution in [3.8, 4) is 55.6 Å². The molecule has 1 heteroatoms. The fraction of sp³-hybridized carbons (Fsp3) is 0.0588. The van der Waals surface area contributed by atoms with Crippen LogP contribution in [0.1, 0.15) is 25.0 Å². The molecule has 8 aromatic rings. The van der Waals surface area contributed by atoms with Crippen LogP contribution in [-0.2, 0) is 5.41 Å². The van der Waals surface area contributed by atoms with Gasteiger partial charge in [-0.2, -0.15) is 0 Å². The fourth-order valence-corrected chi connectivity index (χ4v) is 8.13. The van der Waals surface area contributed by atoms with E-state index in [0.29, 0.717) is 0 Å². The van der Waals surface area contributed by atoms with Gasteiger partial charge in [0.2, 0.25) is 0 Å². The van der Waals surface area contributed by atoms with Crippen molar-refractivity contribution >= 4 is 17.1 Å². The van der Waals surface area contributed by atoms with E-state index in [1.807, 2.05) is 0 Å². The van der Waals surface area contributed by atoms with Gasteiger partial charge in [-0.1, -0.05) is 184 Å². The van der Waals surface area contributed by atoms with Crippen molar-refractivity contribution in [3.05, 3.63) is 211 Å². The van der Waals surface area contributed by atoms with Gasteiger partial charge in [0.1, 0.15) is 0 Å². The van der Waals surface area contributed by atoms with Gasteiger partial charge in [0, 0.05) is 22.4 Å². The quantitative estimate of drug-likeness (QED) is 0.164. The molecule has 0 unspecified atom stereocenters. The van der Waals surface area contributed by atoms with Crippen molar-refractivity contribution in [1.29, 1.82) is 0 Å². The maximum atomic E-state index is 2.45. The minimum absolute atomic E-state index is 0.139. The van der Waals surface area contributed by atoms with E-state index in [0.717, 1.165) is 17.1 Å². The minimum atomic E-state index is -0.139. The lowest BCUT2D eigenvalue weighted by atomic mass is 9.78. The smallest absolute Gasteiger partial charge is 0.0540 e. The van der Waals surface area contributed by atoms with Crippen LogP contribution in [0.3, 0.4) is 0 Å². The van der Waals surface area contributed by atoms with Crippen LogP contribution in [0, 0.1) is 0 Å². The number of nitrogens with zero attached hydrogens (tertiary/aromatic N) is 1. The molecule has 0 saturated carbocycles. The lowest BCUT2D eigenvalue weighted by Crippen LogP contribution is -2.17. The van der Waals surface area contributed by atoms with Crippen LogP contribution in [0.25, 0.3) is 55.6 Å². The first-order valence-electron chi connectivity index (χ1n) is 18.1. The van der Waals surface area contributed by atoms with E-state index < -0.39 is 0 Å². The zero-order valence-corrected chi connectivity index (χ0v) is 29.5. The average molecular weight is 666 g/mol. The first kappa shape index (κ1) is 31.5. The summed E-state index contributed by atoms with van der Waals surface area (Å²) in [7, 11) is 0. The topological polar surface area (TPSA) is 3.24 Å². The zero-order chi connectivity index (χ0) is 35.1. The summed E-state index contributed by atoms with van der Waals surface area (Å²) in [6.45, 7) is 4.74. The molecule has 0 aliphatic heterocycles. The summed E-state index contributed by atoms with van der Waals surface area (Å²) in [6.07, 6.45) is 0. The highest BCUT2D eigenvalue weighted by Crippen LogP contribution is 2.55. The van der Waals surface area contributed by atoms with Crippen LogP contribution in [0.2, 0.25) is 0 Å². The van der Waals surface area contributed by atoms with Gasteiger partial charge in [-0.05, 0) is 91.5 Å². The summed E-state index contributed by atoms with van der Waals surface area (Å²) in [6, 6.07) is 72.7. The van der Waals surface area contributed by atoms with Gasteiger partial charge in [-0.3, -0.25) is 0 Å². The van der Waals surface area contributed by atoms with Crippen LogP contribution < -0.4 is 4.90 Å². The van der Waals surface area contributed by atoms with Crippen molar-refractivity contribution in [2.75, 3.05) is 4.90 Å². The molecule has 1 aliphatic rings. The molecule has 0 heterocycles. The second-order valence-corrected chi connectivity index (χ2v) is 14.2. The number of hydrogen-bond donors (Lipinski definition) is 0. The predicted molar refractivity (Wildman–Crippen MR) is 220 cm³/mol. The van der Waals surface area contributed by atoms with Crippen molar-refractivity contribution in [2.45, 2.75) is 19.3 Å². The molecule has 0 spiro atoms. The Bertz CT molecular complexity index is 2500. The highest BCUT2D eigenvalue weighted by molar-refractivity contribution is 5.95. The molecule has 0 aromatic heterocycles. The number of hydrogen-bond acceptors (Lipinski definition) is 1. The van der Waals surface area contributed by atoms with E-state index >= 15 is 0 Å². The Morgan fingerprint density at radius 3 is 1.35 bits per heavy atom. The van der Waals surface area contributed by atoms with E-state index in [-0.39, 0.29) is 5.41 Å². The molecule has 0 amide bonds. The molecule has 1 aliphatic carbocycles. The summed E-state index contributed by atoms with van der Waals surface area (Å²) >= 11 is 0. The number of benzene rings is 8. The van der Waals surface area contributed by atoms with Crippen LogP contribution in [0.15, 0.2) is 200 Å². The highest BCUT2D eigenvalue weighted by atomic mass is 15.1. The Morgan fingerprint density at radius 1 is 0.327 bits per heavy atom. The second-order valence-electron chi connectivity index (χ2n) is 14.2. The minimum Gasteiger partial charge on any atom is -0.310 e. The molecule has 0 bridgehead atoms. The molecule has 0 N–H and O–H groups in total. The zero-order valence-electron chi connectivity index (χ0n) is 29.5. The average Bonchev–Trinajstić information content (AvgIpc) is 3.45. The number of fused-ring (bicyclic) bond motifs is 3. The van der Waals surface area contributed by atoms with E-state index in [4.69, 9.17) is 0 Å². The SMILES string of the molecule is CC1(C)c2ccccc2-c2cc(N(c3ccc(-c4ccc(-c5ccccc5)cc4)cc3)c3ccccc3-c3ccccc3)cc(-c3ccccc3)c21. The Labute approximate surface area is 307 Å². The standard InChI is InChI=1S/C51H39N/c1-51(2)48-24-14-12-23-45(48)47-35-43(34-46(50(47)51)41-20-10-5-11-21-41)52(49-25-15-13-22-44(49)40-18-8-4-9-19-40)42-32-30-39(31-33-42)38-28-26-37(27-29-38)36-16-6-3-7-17-36/h3-35H,1-2H3. The summed E-state index contributed by atoms with van der Waals surface area (Å²) in [4.78, 5) is 2.45. The lowest BCUT2D eigenvalue weighted by molar-refractivity contribution is 0.662. The van der Waals surface area contributed by atoms with Crippen molar-refractivity contribution < 1.29 is 0 Å². The molecule has 248 valence electrons. The van der Waals surface area contributed by atoms with E-state index in [1.54, 1.807) is 0 Å². The number of anilines is 3. The predicted octanol–water partition coefficient (Wildman–Crippen LogP) is 14.1. The fourth-order valence-electron chi connectivity index (χ4n) is 8.13. The van der Waals surface area contributed by atoms with Gasteiger partial charge < -0.3 is 4.90 Å². The van der Waals surface area contributed by atoms with Gasteiger partial charge in [0.25, 0.3) is 0 Å². The first-order valence-corrected chi connectivity index (χ1v) is 18.1. The summed E-state index contributed by atoms with van der Waals surface area (Å²) in [5.41, 5.74) is 18.3. The Hall–Kier alpha value is -6.44. The third-order valence-electron chi connectivity index (χ3n) is 10.7. The summed E-state index contributed by atoms with van der Waals surface area (Å²) in [5.74, 6) is 0. The van der Waals surface area contributed by atoms with Crippen molar-refractivity contribution in [1.82, 2.24) is 0 Å². The molecule has 0 radical (unpaired) electrons. The normalized spacial score (nSPS) is 12.6. The Balaban J connectivity index is 1.23.